The molecule has 0 aromatic rings. The van der Waals surface area contributed by atoms with Gasteiger partial charge in [0.05, 0.1) is 13.2 Å². The summed E-state index contributed by atoms with van der Waals surface area (Å²) in [4.78, 5) is 25.9. The standard InChI is InChI=1S/C10H15N3O3S/c1-6(12-5-14)8-3-7(4-17-8)9(11)13-10(15)16-2/h3,5-7H,4H2,1-2H3,(H,12,14)(H2,11,13,15)/t6-,7?/m1/s1. The number of rotatable bonds is 4. The highest BCUT2D eigenvalue weighted by atomic mass is 32.2. The number of nitrogens with one attached hydrogen (secondary N) is 1. The fourth-order valence-corrected chi connectivity index (χ4v) is 2.56. The smallest absolute Gasteiger partial charge is 0.434 e. The van der Waals surface area contributed by atoms with Crippen molar-refractivity contribution >= 4 is 30.1 Å². The minimum Gasteiger partial charge on any atom is -0.451 e. The molecule has 1 heterocycles. The summed E-state index contributed by atoms with van der Waals surface area (Å²) in [5.41, 5.74) is 5.69. The molecule has 94 valence electrons. The zero-order valence-electron chi connectivity index (χ0n) is 9.67. The van der Waals surface area contributed by atoms with Crippen molar-refractivity contribution < 1.29 is 14.3 Å². The highest BCUT2D eigenvalue weighted by molar-refractivity contribution is 8.03. The molecule has 3 N–H and O–H groups in total. The first-order valence-corrected chi connectivity index (χ1v) is 6.03. The number of aliphatic imine (C=N–C) groups is 1. The normalized spacial score (nSPS) is 21.6. The molecule has 0 aromatic carbocycles. The molecule has 7 heteroatoms. The molecule has 6 nitrogen and oxygen atoms in total. The van der Waals surface area contributed by atoms with Crippen molar-refractivity contribution in [3.05, 3.63) is 11.0 Å². The number of amidine groups is 1. The number of amides is 2. The molecule has 0 spiro atoms. The van der Waals surface area contributed by atoms with Crippen molar-refractivity contribution in [2.45, 2.75) is 13.0 Å². The van der Waals surface area contributed by atoms with E-state index < -0.39 is 6.09 Å². The van der Waals surface area contributed by atoms with E-state index in [9.17, 15) is 9.59 Å². The lowest BCUT2D eigenvalue weighted by Crippen LogP contribution is -2.25. The molecular weight excluding hydrogens is 242 g/mol. The van der Waals surface area contributed by atoms with E-state index in [1.165, 1.54) is 7.11 Å². The van der Waals surface area contributed by atoms with E-state index in [1.807, 2.05) is 13.0 Å². The Morgan fingerprint density at radius 2 is 2.53 bits per heavy atom. The summed E-state index contributed by atoms with van der Waals surface area (Å²) in [6, 6.07) is -0.0478. The van der Waals surface area contributed by atoms with Crippen LogP contribution in [0.15, 0.2) is 16.0 Å². The van der Waals surface area contributed by atoms with Gasteiger partial charge in [0.1, 0.15) is 5.84 Å². The average molecular weight is 257 g/mol. The van der Waals surface area contributed by atoms with Gasteiger partial charge in [0, 0.05) is 16.6 Å². The highest BCUT2D eigenvalue weighted by Gasteiger charge is 2.23. The predicted molar refractivity (Wildman–Crippen MR) is 66.7 cm³/mol. The second-order valence-corrected chi connectivity index (χ2v) is 4.59. The SMILES string of the molecule is COC(=O)/N=C(/N)C1C=C([C@@H](C)NC=O)SC1. The summed E-state index contributed by atoms with van der Waals surface area (Å²) in [5, 5.41) is 2.66. The summed E-state index contributed by atoms with van der Waals surface area (Å²) in [7, 11) is 1.25. The Balaban J connectivity index is 2.67. The Morgan fingerprint density at radius 1 is 1.82 bits per heavy atom. The lowest BCUT2D eigenvalue weighted by Gasteiger charge is -2.09. The van der Waals surface area contributed by atoms with Gasteiger partial charge in [-0.2, -0.15) is 4.99 Å². The maximum Gasteiger partial charge on any atom is 0.434 e. The van der Waals surface area contributed by atoms with Crippen molar-refractivity contribution in [2.24, 2.45) is 16.6 Å². The number of carbonyl (C=O) groups is 2. The van der Waals surface area contributed by atoms with Crippen LogP contribution >= 0.6 is 11.8 Å². The number of nitrogens with zero attached hydrogens (tertiary/aromatic N) is 1. The van der Waals surface area contributed by atoms with Gasteiger partial charge in [0.25, 0.3) is 0 Å². The first-order chi connectivity index (χ1) is 8.08. The van der Waals surface area contributed by atoms with Crippen molar-refractivity contribution in [1.29, 1.82) is 0 Å². The molecule has 0 saturated carbocycles. The van der Waals surface area contributed by atoms with Crippen molar-refractivity contribution in [3.8, 4) is 0 Å². The van der Waals surface area contributed by atoms with Gasteiger partial charge in [-0.05, 0) is 6.92 Å². The van der Waals surface area contributed by atoms with Crippen LogP contribution in [0.5, 0.6) is 0 Å². The summed E-state index contributed by atoms with van der Waals surface area (Å²) in [6.45, 7) is 1.88. The van der Waals surface area contributed by atoms with Crippen molar-refractivity contribution in [3.63, 3.8) is 0 Å². The van der Waals surface area contributed by atoms with Gasteiger partial charge in [-0.1, -0.05) is 6.08 Å². The molecule has 0 saturated heterocycles. The number of hydrogen-bond donors (Lipinski definition) is 2. The summed E-state index contributed by atoms with van der Waals surface area (Å²) < 4.78 is 4.40. The Bertz CT molecular complexity index is 368. The molecular formula is C10H15N3O3S. The van der Waals surface area contributed by atoms with Crippen LogP contribution < -0.4 is 11.1 Å². The third-order valence-corrected chi connectivity index (χ3v) is 3.66. The Hall–Kier alpha value is -1.50. The predicted octanol–water partition coefficient (Wildman–Crippen LogP) is 0.491. The van der Waals surface area contributed by atoms with Crippen LogP contribution in [-0.2, 0) is 9.53 Å². The Morgan fingerprint density at radius 3 is 3.12 bits per heavy atom. The molecule has 1 aliphatic heterocycles. The molecule has 2 atom stereocenters. The van der Waals surface area contributed by atoms with Crippen LogP contribution in [0.1, 0.15) is 6.92 Å². The first-order valence-electron chi connectivity index (χ1n) is 5.04. The molecule has 1 rings (SSSR count). The van der Waals surface area contributed by atoms with Gasteiger partial charge in [0.15, 0.2) is 0 Å². The zero-order chi connectivity index (χ0) is 12.8. The second kappa shape index (κ2) is 6.29. The third-order valence-electron chi connectivity index (χ3n) is 2.31. The van der Waals surface area contributed by atoms with Crippen LogP contribution in [-0.4, -0.2) is 37.2 Å². The molecule has 1 unspecified atom stereocenters. The average Bonchev–Trinajstić information content (AvgIpc) is 2.78. The summed E-state index contributed by atoms with van der Waals surface area (Å²) in [6.07, 6.45) is 1.87. The number of hydrogen-bond acceptors (Lipinski definition) is 4. The van der Waals surface area contributed by atoms with E-state index in [2.05, 4.69) is 15.0 Å². The highest BCUT2D eigenvalue weighted by Crippen LogP contribution is 2.31. The zero-order valence-corrected chi connectivity index (χ0v) is 10.5. The fraction of sp³-hybridized carbons (Fsp3) is 0.500. The molecule has 0 bridgehead atoms. The van der Waals surface area contributed by atoms with Gasteiger partial charge >= 0.3 is 6.09 Å². The molecule has 0 fully saturated rings. The van der Waals surface area contributed by atoms with Gasteiger partial charge in [0.2, 0.25) is 6.41 Å². The molecule has 1 aliphatic rings. The summed E-state index contributed by atoms with van der Waals surface area (Å²) >= 11 is 1.59. The van der Waals surface area contributed by atoms with Gasteiger partial charge in [-0.3, -0.25) is 4.79 Å². The lowest BCUT2D eigenvalue weighted by molar-refractivity contribution is -0.109. The first kappa shape index (κ1) is 13.6. The Labute approximate surface area is 104 Å². The monoisotopic (exact) mass is 257 g/mol. The van der Waals surface area contributed by atoms with E-state index >= 15 is 0 Å². The van der Waals surface area contributed by atoms with E-state index in [4.69, 9.17) is 5.73 Å². The van der Waals surface area contributed by atoms with E-state index in [0.717, 1.165) is 4.91 Å². The van der Waals surface area contributed by atoms with Crippen LogP contribution in [0, 0.1) is 5.92 Å². The number of nitrogens with two attached hydrogens (primary N) is 1. The number of ether oxygens (including phenoxy) is 1. The van der Waals surface area contributed by atoms with Gasteiger partial charge < -0.3 is 15.8 Å². The lowest BCUT2D eigenvalue weighted by atomic mass is 10.1. The molecule has 0 aliphatic carbocycles. The minimum atomic E-state index is -0.701. The third kappa shape index (κ3) is 3.77. The van der Waals surface area contributed by atoms with E-state index in [0.29, 0.717) is 12.2 Å². The molecule has 0 radical (unpaired) electrons. The number of thioether (sulfide) groups is 1. The second-order valence-electron chi connectivity index (χ2n) is 3.50. The molecule has 2 amide bonds. The topological polar surface area (TPSA) is 93.8 Å². The minimum absolute atomic E-state index is 0.0478. The quantitative estimate of drug-likeness (QED) is 0.434. The Kier molecular flexibility index (Phi) is 5.02. The van der Waals surface area contributed by atoms with Crippen LogP contribution in [0.4, 0.5) is 4.79 Å². The van der Waals surface area contributed by atoms with Crippen LogP contribution in [0.3, 0.4) is 0 Å². The largest absolute Gasteiger partial charge is 0.451 e. The van der Waals surface area contributed by atoms with E-state index in [-0.39, 0.29) is 17.8 Å². The van der Waals surface area contributed by atoms with Crippen LogP contribution in [0.2, 0.25) is 0 Å². The molecule has 17 heavy (non-hydrogen) atoms. The van der Waals surface area contributed by atoms with Crippen molar-refractivity contribution in [1.82, 2.24) is 5.32 Å². The number of carbonyl (C=O) groups excluding carboxylic acids is 2. The maximum atomic E-state index is 10.9. The maximum absolute atomic E-state index is 10.9. The fourth-order valence-electron chi connectivity index (χ4n) is 1.34. The van der Waals surface area contributed by atoms with Crippen molar-refractivity contribution in [2.75, 3.05) is 12.9 Å². The van der Waals surface area contributed by atoms with Crippen LogP contribution in [0.25, 0.3) is 0 Å². The van der Waals surface area contributed by atoms with Gasteiger partial charge in [-0.15, -0.1) is 11.8 Å². The summed E-state index contributed by atoms with van der Waals surface area (Å²) in [5.74, 6) is 0.856. The van der Waals surface area contributed by atoms with Gasteiger partial charge in [-0.25, -0.2) is 4.79 Å². The molecule has 0 aromatic heterocycles. The van der Waals surface area contributed by atoms with E-state index in [1.54, 1.807) is 11.8 Å². The number of methoxy groups -OCH3 is 1.